The monoisotopic (exact) mass is 443 g/mol. The molecule has 1 saturated heterocycles. The standard InChI is InChI=1S/C16H21N5O2.HI/c17-16(20-13-5-6-13)19-9-11-1-3-12(4-2-11)15(23)21-8-7-18-14(22)10-21;/h1-4,13H,5-10H2,(H,18,22)(H3,17,19,20);1H. The Morgan fingerprint density at radius 1 is 1.33 bits per heavy atom. The largest absolute Gasteiger partial charge is 0.370 e. The van der Waals surface area contributed by atoms with E-state index in [9.17, 15) is 9.59 Å². The first-order valence-electron chi connectivity index (χ1n) is 7.83. The second-order valence-corrected chi connectivity index (χ2v) is 5.89. The molecule has 0 unspecified atom stereocenters. The number of hydrogen-bond donors (Lipinski definition) is 3. The molecule has 2 amide bonds. The van der Waals surface area contributed by atoms with E-state index in [1.165, 1.54) is 0 Å². The molecule has 2 aliphatic rings. The topological polar surface area (TPSA) is 99.8 Å². The van der Waals surface area contributed by atoms with Gasteiger partial charge in [-0.25, -0.2) is 4.99 Å². The van der Waals surface area contributed by atoms with Crippen molar-refractivity contribution < 1.29 is 9.59 Å². The summed E-state index contributed by atoms with van der Waals surface area (Å²) in [5, 5.41) is 5.84. The Bertz CT molecular complexity index is 628. The van der Waals surface area contributed by atoms with Gasteiger partial charge >= 0.3 is 0 Å². The van der Waals surface area contributed by atoms with Crippen LogP contribution in [0.15, 0.2) is 29.3 Å². The molecule has 1 aliphatic heterocycles. The van der Waals surface area contributed by atoms with Crippen LogP contribution >= 0.6 is 24.0 Å². The molecule has 0 bridgehead atoms. The van der Waals surface area contributed by atoms with Crippen LogP contribution in [-0.4, -0.2) is 48.3 Å². The molecule has 4 N–H and O–H groups in total. The summed E-state index contributed by atoms with van der Waals surface area (Å²) in [6.45, 7) is 1.64. The summed E-state index contributed by atoms with van der Waals surface area (Å²) >= 11 is 0. The first kappa shape index (κ1) is 18.5. The molecule has 1 saturated carbocycles. The van der Waals surface area contributed by atoms with Gasteiger partial charge in [0.1, 0.15) is 0 Å². The summed E-state index contributed by atoms with van der Waals surface area (Å²) < 4.78 is 0. The molecule has 0 spiro atoms. The van der Waals surface area contributed by atoms with E-state index in [1.54, 1.807) is 17.0 Å². The van der Waals surface area contributed by atoms with Crippen molar-refractivity contribution in [3.8, 4) is 0 Å². The molecule has 2 fully saturated rings. The van der Waals surface area contributed by atoms with Gasteiger partial charge in [0.05, 0.1) is 13.1 Å². The van der Waals surface area contributed by atoms with Crippen molar-refractivity contribution in [2.24, 2.45) is 10.7 Å². The second kappa shape index (κ2) is 8.32. The van der Waals surface area contributed by atoms with Gasteiger partial charge in [-0.05, 0) is 30.5 Å². The Hall–Kier alpha value is -1.84. The van der Waals surface area contributed by atoms with Crippen LogP contribution in [0.2, 0.25) is 0 Å². The minimum atomic E-state index is -0.121. The second-order valence-electron chi connectivity index (χ2n) is 5.89. The molecule has 3 rings (SSSR count). The third-order valence-electron chi connectivity index (χ3n) is 3.89. The molecule has 1 aromatic carbocycles. The number of nitrogens with one attached hydrogen (secondary N) is 2. The maximum Gasteiger partial charge on any atom is 0.254 e. The van der Waals surface area contributed by atoms with E-state index in [4.69, 9.17) is 5.73 Å². The van der Waals surface area contributed by atoms with Crippen molar-refractivity contribution in [2.75, 3.05) is 19.6 Å². The number of hydrogen-bond acceptors (Lipinski definition) is 3. The third-order valence-corrected chi connectivity index (χ3v) is 3.89. The Morgan fingerprint density at radius 3 is 2.67 bits per heavy atom. The number of rotatable bonds is 4. The van der Waals surface area contributed by atoms with Gasteiger partial charge in [-0.1, -0.05) is 12.1 Å². The van der Waals surface area contributed by atoms with Crippen LogP contribution in [0.3, 0.4) is 0 Å². The van der Waals surface area contributed by atoms with Crippen LogP contribution < -0.4 is 16.4 Å². The number of guanidine groups is 1. The highest BCUT2D eigenvalue weighted by atomic mass is 127. The molecule has 0 radical (unpaired) electrons. The van der Waals surface area contributed by atoms with Crippen molar-refractivity contribution in [3.63, 3.8) is 0 Å². The Morgan fingerprint density at radius 2 is 2.04 bits per heavy atom. The highest BCUT2D eigenvalue weighted by Crippen LogP contribution is 2.18. The molecular weight excluding hydrogens is 421 g/mol. The minimum absolute atomic E-state index is 0. The lowest BCUT2D eigenvalue weighted by atomic mass is 10.1. The quantitative estimate of drug-likeness (QED) is 0.357. The molecule has 7 nitrogen and oxygen atoms in total. The fraction of sp³-hybridized carbons (Fsp3) is 0.438. The van der Waals surface area contributed by atoms with Crippen molar-refractivity contribution in [3.05, 3.63) is 35.4 Å². The van der Waals surface area contributed by atoms with Gasteiger partial charge in [-0.2, -0.15) is 0 Å². The number of carbonyl (C=O) groups excluding carboxylic acids is 2. The highest BCUT2D eigenvalue weighted by molar-refractivity contribution is 14.0. The van der Waals surface area contributed by atoms with Gasteiger partial charge in [0, 0.05) is 24.7 Å². The number of nitrogens with two attached hydrogens (primary N) is 1. The first-order chi connectivity index (χ1) is 11.1. The van der Waals surface area contributed by atoms with E-state index in [0.717, 1.165) is 18.4 Å². The van der Waals surface area contributed by atoms with E-state index in [2.05, 4.69) is 15.6 Å². The number of nitrogens with zero attached hydrogens (tertiary/aromatic N) is 2. The van der Waals surface area contributed by atoms with E-state index >= 15 is 0 Å². The average molecular weight is 443 g/mol. The molecule has 1 heterocycles. The van der Waals surface area contributed by atoms with Crippen molar-refractivity contribution in [1.29, 1.82) is 0 Å². The highest BCUT2D eigenvalue weighted by Gasteiger charge is 2.22. The van der Waals surface area contributed by atoms with Gasteiger partial charge in [0.2, 0.25) is 5.91 Å². The molecule has 8 heteroatoms. The zero-order valence-electron chi connectivity index (χ0n) is 13.3. The zero-order chi connectivity index (χ0) is 16.2. The van der Waals surface area contributed by atoms with E-state index in [0.29, 0.717) is 37.2 Å². The molecule has 1 aromatic rings. The summed E-state index contributed by atoms with van der Waals surface area (Å²) in [6.07, 6.45) is 2.31. The number of benzene rings is 1. The Balaban J connectivity index is 0.00000208. The van der Waals surface area contributed by atoms with Gasteiger partial charge in [0.15, 0.2) is 5.96 Å². The van der Waals surface area contributed by atoms with Crippen LogP contribution in [0.1, 0.15) is 28.8 Å². The maximum atomic E-state index is 12.3. The molecule has 130 valence electrons. The fourth-order valence-electron chi connectivity index (χ4n) is 2.41. The van der Waals surface area contributed by atoms with Gasteiger partial charge < -0.3 is 21.3 Å². The van der Waals surface area contributed by atoms with Crippen LogP contribution in [0.4, 0.5) is 0 Å². The Kier molecular flexibility index (Phi) is 6.41. The van der Waals surface area contributed by atoms with Crippen molar-refractivity contribution in [1.82, 2.24) is 15.5 Å². The fourth-order valence-corrected chi connectivity index (χ4v) is 2.41. The SMILES string of the molecule is I.NC(=NCc1ccc(C(=O)N2CCNC(=O)C2)cc1)NC1CC1. The molecule has 0 atom stereocenters. The number of amides is 2. The average Bonchev–Trinajstić information content (AvgIpc) is 3.37. The number of halogens is 1. The van der Waals surface area contributed by atoms with Crippen LogP contribution in [0.25, 0.3) is 0 Å². The molecule has 1 aliphatic carbocycles. The van der Waals surface area contributed by atoms with E-state index in [1.807, 2.05) is 12.1 Å². The van der Waals surface area contributed by atoms with E-state index < -0.39 is 0 Å². The minimum Gasteiger partial charge on any atom is -0.370 e. The summed E-state index contributed by atoms with van der Waals surface area (Å²) in [5.74, 6) is 0.228. The maximum absolute atomic E-state index is 12.3. The number of piperazine rings is 1. The lowest BCUT2D eigenvalue weighted by Gasteiger charge is -2.26. The molecule has 0 aromatic heterocycles. The summed E-state index contributed by atoms with van der Waals surface area (Å²) in [6, 6.07) is 7.76. The van der Waals surface area contributed by atoms with Gasteiger partial charge in [-0.15, -0.1) is 24.0 Å². The van der Waals surface area contributed by atoms with Crippen LogP contribution in [0.5, 0.6) is 0 Å². The number of carbonyl (C=O) groups is 2. The first-order valence-corrected chi connectivity index (χ1v) is 7.83. The van der Waals surface area contributed by atoms with Crippen molar-refractivity contribution >= 4 is 41.8 Å². The zero-order valence-corrected chi connectivity index (χ0v) is 15.7. The predicted octanol–water partition coefficient (Wildman–Crippen LogP) is 0.443. The molecule has 24 heavy (non-hydrogen) atoms. The molecular formula is C16H22IN5O2. The van der Waals surface area contributed by atoms with Gasteiger partial charge in [0.25, 0.3) is 5.91 Å². The Labute approximate surface area is 158 Å². The number of aliphatic imine (C=N–C) groups is 1. The smallest absolute Gasteiger partial charge is 0.254 e. The van der Waals surface area contributed by atoms with Gasteiger partial charge in [-0.3, -0.25) is 9.59 Å². The normalized spacial score (nSPS) is 17.8. The summed E-state index contributed by atoms with van der Waals surface area (Å²) in [4.78, 5) is 29.5. The van der Waals surface area contributed by atoms with Crippen molar-refractivity contribution in [2.45, 2.75) is 25.4 Å². The lowest BCUT2D eigenvalue weighted by Crippen LogP contribution is -2.49. The van der Waals surface area contributed by atoms with E-state index in [-0.39, 0.29) is 42.3 Å². The van der Waals surface area contributed by atoms with Crippen LogP contribution in [0, 0.1) is 0 Å². The third kappa shape index (κ3) is 5.08. The summed E-state index contributed by atoms with van der Waals surface area (Å²) in [7, 11) is 0. The van der Waals surface area contributed by atoms with Crippen LogP contribution in [-0.2, 0) is 11.3 Å². The predicted molar refractivity (Wildman–Crippen MR) is 102 cm³/mol. The summed E-state index contributed by atoms with van der Waals surface area (Å²) in [5.41, 5.74) is 7.36. The lowest BCUT2D eigenvalue weighted by molar-refractivity contribution is -0.123.